The molecule has 2 aromatic carbocycles. The van der Waals surface area contributed by atoms with Crippen molar-refractivity contribution in [3.05, 3.63) is 47.5 Å². The van der Waals surface area contributed by atoms with E-state index < -0.39 is 35.9 Å². The number of amides is 2. The summed E-state index contributed by atoms with van der Waals surface area (Å²) in [6, 6.07) is 6.80. The molecule has 0 aromatic heterocycles. The van der Waals surface area contributed by atoms with Crippen LogP contribution in [0.1, 0.15) is 24.0 Å². The van der Waals surface area contributed by atoms with E-state index in [1.165, 1.54) is 31.2 Å². The molecule has 2 aromatic rings. The summed E-state index contributed by atoms with van der Waals surface area (Å²) in [4.78, 5) is 40.2. The van der Waals surface area contributed by atoms with Crippen LogP contribution in [-0.4, -0.2) is 71.7 Å². The summed E-state index contributed by atoms with van der Waals surface area (Å²) in [5.41, 5.74) is 14.1. The average molecular weight is 557 g/mol. The molecule has 0 aliphatic carbocycles. The molecule has 1 aliphatic rings. The van der Waals surface area contributed by atoms with Crippen LogP contribution in [0.15, 0.2) is 36.4 Å². The molecule has 0 fully saturated rings. The zero-order valence-corrected chi connectivity index (χ0v) is 22.3. The van der Waals surface area contributed by atoms with Gasteiger partial charge >= 0.3 is 5.97 Å². The standard InChI is InChI=1S/C25H32N4O6.2ClH/c1-29-20(25(34)35-2)13-17-11-15(6-8-22(17)31)14-5-7-21(30)16(10-14)12-18(27)23(32)28-19(24(29)33)4-3-9-26;;/h5-8,10-11,18-20,30-31H,3-4,9,12-13,26-27H2,1-2H3,(H,28,32);2*1H/t18-,19-,20-;;/m0../s1. The van der Waals surface area contributed by atoms with Gasteiger partial charge in [-0.15, -0.1) is 24.8 Å². The van der Waals surface area contributed by atoms with E-state index in [1.807, 2.05) is 0 Å². The van der Waals surface area contributed by atoms with Gasteiger partial charge in [0.05, 0.1) is 13.2 Å². The molecule has 3 rings (SSSR count). The minimum atomic E-state index is -1.06. The Hall–Kier alpha value is -3.05. The number of halogens is 2. The molecule has 10 nitrogen and oxygen atoms in total. The van der Waals surface area contributed by atoms with Gasteiger partial charge in [-0.3, -0.25) is 9.59 Å². The predicted octanol–water partition coefficient (Wildman–Crippen LogP) is 1.26. The molecule has 7 N–H and O–H groups in total. The number of phenols is 2. The SMILES string of the molecule is COC(=O)[C@@H]1Cc2cc(ccc2O)-c2ccc(O)c(c2)C[C@H](N)C(=O)N[C@@H](CCCN)C(=O)N1C.Cl.Cl. The molecule has 0 saturated heterocycles. The van der Waals surface area contributed by atoms with Crippen LogP contribution < -0.4 is 16.8 Å². The lowest BCUT2D eigenvalue weighted by Gasteiger charge is -2.30. The molecule has 12 heteroatoms. The van der Waals surface area contributed by atoms with Crippen LogP contribution in [0.4, 0.5) is 0 Å². The van der Waals surface area contributed by atoms with E-state index in [0.29, 0.717) is 29.7 Å². The van der Waals surface area contributed by atoms with Crippen LogP contribution in [-0.2, 0) is 32.0 Å². The van der Waals surface area contributed by atoms with E-state index in [-0.39, 0.29) is 55.6 Å². The number of ether oxygens (including phenoxy) is 1. The molecule has 0 radical (unpaired) electrons. The van der Waals surface area contributed by atoms with Crippen molar-refractivity contribution in [2.45, 2.75) is 43.8 Å². The average Bonchev–Trinajstić information content (AvgIpc) is 2.85. The Labute approximate surface area is 228 Å². The third kappa shape index (κ3) is 7.48. The van der Waals surface area contributed by atoms with Gasteiger partial charge in [-0.2, -0.15) is 0 Å². The van der Waals surface area contributed by atoms with Crippen LogP contribution in [0, 0.1) is 0 Å². The smallest absolute Gasteiger partial charge is 0.328 e. The minimum absolute atomic E-state index is 0. The second kappa shape index (κ2) is 14.0. The van der Waals surface area contributed by atoms with Gasteiger partial charge in [0, 0.05) is 19.9 Å². The number of esters is 1. The molecule has 2 amide bonds. The zero-order chi connectivity index (χ0) is 25.7. The Morgan fingerprint density at radius 2 is 1.59 bits per heavy atom. The first-order valence-corrected chi connectivity index (χ1v) is 11.4. The molecule has 4 bridgehead atoms. The predicted molar refractivity (Wildman–Crippen MR) is 144 cm³/mol. The Balaban J connectivity index is 0.00000342. The molecular formula is C25H34Cl2N4O6. The summed E-state index contributed by atoms with van der Waals surface area (Å²) in [7, 11) is 2.67. The van der Waals surface area contributed by atoms with Crippen LogP contribution in [0.3, 0.4) is 0 Å². The number of aromatic hydroxyl groups is 2. The number of nitrogens with two attached hydrogens (primary N) is 2. The molecular weight excluding hydrogens is 523 g/mol. The number of nitrogens with one attached hydrogen (secondary N) is 1. The van der Waals surface area contributed by atoms with Gasteiger partial charge in [0.25, 0.3) is 0 Å². The summed E-state index contributed by atoms with van der Waals surface area (Å²) in [6.45, 7) is 0.303. The van der Waals surface area contributed by atoms with Crippen LogP contribution in [0.5, 0.6) is 11.5 Å². The number of nitrogens with zero attached hydrogens (tertiary/aromatic N) is 1. The van der Waals surface area contributed by atoms with Gasteiger partial charge in [0.15, 0.2) is 0 Å². The highest BCUT2D eigenvalue weighted by Crippen LogP contribution is 2.31. The fraction of sp³-hybridized carbons (Fsp3) is 0.400. The number of rotatable bonds is 4. The highest BCUT2D eigenvalue weighted by atomic mass is 35.5. The highest BCUT2D eigenvalue weighted by Gasteiger charge is 2.34. The number of phenolic OH excluding ortho intramolecular Hbond substituents is 2. The normalized spacial score (nSPS) is 19.9. The van der Waals surface area contributed by atoms with Crippen molar-refractivity contribution in [2.75, 3.05) is 20.7 Å². The second-order valence-electron chi connectivity index (χ2n) is 8.68. The lowest BCUT2D eigenvalue weighted by molar-refractivity contribution is -0.152. The fourth-order valence-corrected chi connectivity index (χ4v) is 4.17. The number of likely N-dealkylation sites (N-methyl/N-ethyl adjacent to an activating group) is 1. The molecule has 1 heterocycles. The number of carbonyl (C=O) groups excluding carboxylic acids is 3. The number of hydrogen-bond donors (Lipinski definition) is 5. The molecule has 0 saturated carbocycles. The molecule has 204 valence electrons. The first-order valence-electron chi connectivity index (χ1n) is 11.4. The minimum Gasteiger partial charge on any atom is -0.508 e. The Bertz CT molecular complexity index is 1120. The maximum absolute atomic E-state index is 13.4. The molecule has 0 spiro atoms. The van der Waals surface area contributed by atoms with Crippen LogP contribution in [0.2, 0.25) is 0 Å². The van der Waals surface area contributed by atoms with E-state index >= 15 is 0 Å². The highest BCUT2D eigenvalue weighted by molar-refractivity contribution is 5.92. The maximum Gasteiger partial charge on any atom is 0.328 e. The van der Waals surface area contributed by atoms with Gasteiger partial charge in [-0.25, -0.2) is 4.79 Å². The van der Waals surface area contributed by atoms with E-state index in [2.05, 4.69) is 5.32 Å². The van der Waals surface area contributed by atoms with Crippen molar-refractivity contribution in [1.29, 1.82) is 0 Å². The van der Waals surface area contributed by atoms with Gasteiger partial charge in [0.2, 0.25) is 11.8 Å². The van der Waals surface area contributed by atoms with E-state index in [9.17, 15) is 24.6 Å². The second-order valence-corrected chi connectivity index (χ2v) is 8.68. The van der Waals surface area contributed by atoms with Crippen molar-refractivity contribution in [3.63, 3.8) is 0 Å². The lowest BCUT2D eigenvalue weighted by atomic mass is 9.95. The lowest BCUT2D eigenvalue weighted by Crippen LogP contribution is -2.55. The van der Waals surface area contributed by atoms with Crippen LogP contribution in [0.25, 0.3) is 11.1 Å². The number of fused-ring (bicyclic) bond motifs is 5. The van der Waals surface area contributed by atoms with Crippen molar-refractivity contribution in [1.82, 2.24) is 10.2 Å². The zero-order valence-electron chi connectivity index (χ0n) is 20.7. The topological polar surface area (TPSA) is 168 Å². The van der Waals surface area contributed by atoms with Crippen molar-refractivity contribution < 1.29 is 29.3 Å². The van der Waals surface area contributed by atoms with E-state index in [1.54, 1.807) is 24.3 Å². The summed E-state index contributed by atoms with van der Waals surface area (Å²) in [5.74, 6) is -1.80. The Morgan fingerprint density at radius 1 is 1.05 bits per heavy atom. The number of benzene rings is 2. The molecule has 0 unspecified atom stereocenters. The number of carbonyl (C=O) groups is 3. The van der Waals surface area contributed by atoms with Crippen molar-refractivity contribution >= 4 is 42.6 Å². The monoisotopic (exact) mass is 556 g/mol. The summed E-state index contributed by atoms with van der Waals surface area (Å²) >= 11 is 0. The number of methoxy groups -OCH3 is 1. The number of hydrogen-bond acceptors (Lipinski definition) is 8. The molecule has 1 aliphatic heterocycles. The summed E-state index contributed by atoms with van der Waals surface area (Å²) in [5, 5.41) is 23.6. The fourth-order valence-electron chi connectivity index (χ4n) is 4.17. The van der Waals surface area contributed by atoms with Gasteiger partial charge < -0.3 is 36.6 Å². The first kappa shape index (κ1) is 32.0. The molecule has 3 atom stereocenters. The van der Waals surface area contributed by atoms with E-state index in [0.717, 1.165) is 5.56 Å². The van der Waals surface area contributed by atoms with Crippen LogP contribution >= 0.6 is 24.8 Å². The largest absolute Gasteiger partial charge is 0.508 e. The van der Waals surface area contributed by atoms with Gasteiger partial charge in [-0.1, -0.05) is 12.1 Å². The Morgan fingerprint density at radius 3 is 2.11 bits per heavy atom. The van der Waals surface area contributed by atoms with Gasteiger partial charge in [0.1, 0.15) is 23.6 Å². The Kier molecular flexibility index (Phi) is 12.1. The van der Waals surface area contributed by atoms with Crippen molar-refractivity contribution in [3.8, 4) is 22.6 Å². The third-order valence-electron chi connectivity index (χ3n) is 6.28. The maximum atomic E-state index is 13.4. The quantitative estimate of drug-likeness (QED) is 0.350. The van der Waals surface area contributed by atoms with Gasteiger partial charge in [-0.05, 0) is 65.9 Å². The summed E-state index contributed by atoms with van der Waals surface area (Å²) in [6.07, 6.45) is 0.716. The van der Waals surface area contributed by atoms with E-state index in [4.69, 9.17) is 16.2 Å². The van der Waals surface area contributed by atoms with Crippen molar-refractivity contribution in [2.24, 2.45) is 11.5 Å². The first-order chi connectivity index (χ1) is 16.7. The summed E-state index contributed by atoms with van der Waals surface area (Å²) < 4.78 is 4.94. The molecule has 37 heavy (non-hydrogen) atoms. The third-order valence-corrected chi connectivity index (χ3v) is 6.28.